The molecule has 1 aromatic rings. The zero-order chi connectivity index (χ0) is 7.68. The summed E-state index contributed by atoms with van der Waals surface area (Å²) in [7, 11) is 0. The van der Waals surface area contributed by atoms with Gasteiger partial charge in [-0.2, -0.15) is 0 Å². The second kappa shape index (κ2) is 2.42. The summed E-state index contributed by atoms with van der Waals surface area (Å²) in [6, 6.07) is 3.88. The standard InChI is InChI=1S/C10H9O/c1-8-4-2-5-9(8)10-6-3-7-11-10/h3,5-7H,2H2,1H3. The topological polar surface area (TPSA) is 13.1 Å². The fourth-order valence-electron chi connectivity index (χ4n) is 1.27. The summed E-state index contributed by atoms with van der Waals surface area (Å²) in [4.78, 5) is 0. The second-order valence-corrected chi connectivity index (χ2v) is 2.60. The van der Waals surface area contributed by atoms with E-state index in [1.807, 2.05) is 12.1 Å². The van der Waals surface area contributed by atoms with Crippen LogP contribution in [0.4, 0.5) is 0 Å². The number of furan rings is 1. The molecule has 0 saturated carbocycles. The molecule has 55 valence electrons. The monoisotopic (exact) mass is 145 g/mol. The summed E-state index contributed by atoms with van der Waals surface area (Å²) in [5.74, 6) is 0.951. The van der Waals surface area contributed by atoms with Gasteiger partial charge in [0.05, 0.1) is 6.26 Å². The Morgan fingerprint density at radius 1 is 1.55 bits per heavy atom. The fourth-order valence-corrected chi connectivity index (χ4v) is 1.27. The average molecular weight is 145 g/mol. The van der Waals surface area contributed by atoms with Crippen LogP contribution in [-0.4, -0.2) is 0 Å². The molecule has 11 heavy (non-hydrogen) atoms. The zero-order valence-electron chi connectivity index (χ0n) is 6.42. The molecular weight excluding hydrogens is 136 g/mol. The predicted octanol–water partition coefficient (Wildman–Crippen LogP) is 2.82. The van der Waals surface area contributed by atoms with Gasteiger partial charge in [-0.05, 0) is 37.1 Å². The number of hydrogen-bond acceptors (Lipinski definition) is 1. The van der Waals surface area contributed by atoms with Crippen molar-refractivity contribution in [3.05, 3.63) is 41.9 Å². The highest BCUT2D eigenvalue weighted by molar-refractivity contribution is 5.77. The molecule has 0 saturated heterocycles. The van der Waals surface area contributed by atoms with E-state index in [9.17, 15) is 0 Å². The van der Waals surface area contributed by atoms with E-state index in [2.05, 4.69) is 19.1 Å². The quantitative estimate of drug-likeness (QED) is 0.592. The van der Waals surface area contributed by atoms with Crippen LogP contribution in [0.3, 0.4) is 0 Å². The van der Waals surface area contributed by atoms with Gasteiger partial charge < -0.3 is 4.42 Å². The van der Waals surface area contributed by atoms with Crippen LogP contribution < -0.4 is 0 Å². The molecule has 1 aromatic heterocycles. The van der Waals surface area contributed by atoms with Crippen LogP contribution in [0.15, 0.2) is 34.5 Å². The highest BCUT2D eigenvalue weighted by Crippen LogP contribution is 2.27. The minimum absolute atomic E-state index is 0.919. The van der Waals surface area contributed by atoms with Crippen molar-refractivity contribution in [1.29, 1.82) is 0 Å². The molecule has 1 nitrogen and oxygen atoms in total. The fraction of sp³-hybridized carbons (Fsp3) is 0.200. The molecule has 0 amide bonds. The van der Waals surface area contributed by atoms with Gasteiger partial charge in [0.25, 0.3) is 0 Å². The van der Waals surface area contributed by atoms with Gasteiger partial charge in [0.2, 0.25) is 0 Å². The van der Waals surface area contributed by atoms with Crippen molar-refractivity contribution < 1.29 is 4.42 Å². The third-order valence-corrected chi connectivity index (χ3v) is 1.86. The SMILES string of the molecule is CC1=[C]CC=C1c1ccco1. The highest BCUT2D eigenvalue weighted by atomic mass is 16.3. The molecule has 1 aliphatic rings. The van der Waals surface area contributed by atoms with Crippen LogP contribution in [0.5, 0.6) is 0 Å². The van der Waals surface area contributed by atoms with E-state index in [-0.39, 0.29) is 0 Å². The maximum atomic E-state index is 5.26. The molecule has 0 fully saturated rings. The van der Waals surface area contributed by atoms with Crippen molar-refractivity contribution in [3.63, 3.8) is 0 Å². The largest absolute Gasteiger partial charge is 0.464 e. The molecule has 1 aliphatic carbocycles. The van der Waals surface area contributed by atoms with Crippen molar-refractivity contribution in [1.82, 2.24) is 0 Å². The number of allylic oxidation sites excluding steroid dienone is 4. The Bertz CT molecular complexity index is 302. The smallest absolute Gasteiger partial charge is 0.133 e. The molecule has 1 radical (unpaired) electrons. The molecule has 1 heteroatoms. The van der Waals surface area contributed by atoms with Gasteiger partial charge in [-0.3, -0.25) is 0 Å². The Labute approximate surface area is 66.0 Å². The third-order valence-electron chi connectivity index (χ3n) is 1.86. The summed E-state index contributed by atoms with van der Waals surface area (Å²) < 4.78 is 5.26. The molecular formula is C10H9O. The van der Waals surface area contributed by atoms with Crippen LogP contribution >= 0.6 is 0 Å². The lowest BCUT2D eigenvalue weighted by molar-refractivity contribution is 0.553. The van der Waals surface area contributed by atoms with Gasteiger partial charge in [-0.1, -0.05) is 6.08 Å². The van der Waals surface area contributed by atoms with Gasteiger partial charge >= 0.3 is 0 Å². The molecule has 0 atom stereocenters. The molecule has 0 N–H and O–H groups in total. The second-order valence-electron chi connectivity index (χ2n) is 2.60. The summed E-state index contributed by atoms with van der Waals surface area (Å²) in [5, 5.41) is 0. The maximum Gasteiger partial charge on any atom is 0.133 e. The van der Waals surface area contributed by atoms with Gasteiger partial charge in [0, 0.05) is 5.57 Å². The Hall–Kier alpha value is -1.24. The lowest BCUT2D eigenvalue weighted by Gasteiger charge is -1.97. The maximum absolute atomic E-state index is 5.26. The molecule has 0 aliphatic heterocycles. The normalized spacial score (nSPS) is 16.5. The first-order chi connectivity index (χ1) is 5.38. The van der Waals surface area contributed by atoms with Gasteiger partial charge in [0.15, 0.2) is 0 Å². The first kappa shape index (κ1) is 6.47. The number of rotatable bonds is 1. The van der Waals surface area contributed by atoms with E-state index in [0.29, 0.717) is 0 Å². The Morgan fingerprint density at radius 3 is 3.00 bits per heavy atom. The minimum atomic E-state index is 0.919. The third kappa shape index (κ3) is 1.03. The summed E-state index contributed by atoms with van der Waals surface area (Å²) in [5.41, 5.74) is 2.38. The van der Waals surface area contributed by atoms with Gasteiger partial charge in [-0.25, -0.2) is 0 Å². The van der Waals surface area contributed by atoms with Crippen LogP contribution in [0, 0.1) is 6.08 Å². The summed E-state index contributed by atoms with van der Waals surface area (Å²) >= 11 is 0. The minimum Gasteiger partial charge on any atom is -0.464 e. The first-order valence-electron chi connectivity index (χ1n) is 3.70. The highest BCUT2D eigenvalue weighted by Gasteiger charge is 2.09. The van der Waals surface area contributed by atoms with Crippen LogP contribution in [0.2, 0.25) is 0 Å². The molecule has 0 bridgehead atoms. The summed E-state index contributed by atoms with van der Waals surface area (Å²) in [6.07, 6.45) is 7.97. The average Bonchev–Trinajstić information content (AvgIpc) is 2.55. The van der Waals surface area contributed by atoms with Crippen molar-refractivity contribution >= 4 is 5.57 Å². The van der Waals surface area contributed by atoms with E-state index < -0.39 is 0 Å². The van der Waals surface area contributed by atoms with Crippen molar-refractivity contribution in [3.8, 4) is 0 Å². The van der Waals surface area contributed by atoms with Gasteiger partial charge in [0.1, 0.15) is 5.76 Å². The van der Waals surface area contributed by atoms with E-state index in [1.165, 1.54) is 11.1 Å². The van der Waals surface area contributed by atoms with Gasteiger partial charge in [-0.15, -0.1) is 0 Å². The first-order valence-corrected chi connectivity index (χ1v) is 3.70. The van der Waals surface area contributed by atoms with E-state index in [0.717, 1.165) is 12.2 Å². The molecule has 2 rings (SSSR count). The van der Waals surface area contributed by atoms with Crippen molar-refractivity contribution in [2.75, 3.05) is 0 Å². The van der Waals surface area contributed by atoms with Crippen molar-refractivity contribution in [2.45, 2.75) is 13.3 Å². The van der Waals surface area contributed by atoms with Crippen LogP contribution in [0.1, 0.15) is 19.1 Å². The lowest BCUT2D eigenvalue weighted by Crippen LogP contribution is -1.77. The predicted molar refractivity (Wildman–Crippen MR) is 43.7 cm³/mol. The Morgan fingerprint density at radius 2 is 2.45 bits per heavy atom. The van der Waals surface area contributed by atoms with Crippen LogP contribution in [0.25, 0.3) is 5.57 Å². The van der Waals surface area contributed by atoms with Crippen molar-refractivity contribution in [2.24, 2.45) is 0 Å². The Balaban J connectivity index is 2.38. The summed E-state index contributed by atoms with van der Waals surface area (Å²) in [6.45, 7) is 2.06. The van der Waals surface area contributed by atoms with E-state index in [1.54, 1.807) is 6.26 Å². The van der Waals surface area contributed by atoms with E-state index in [4.69, 9.17) is 4.42 Å². The molecule has 0 spiro atoms. The zero-order valence-corrected chi connectivity index (χ0v) is 6.42. The molecule has 1 heterocycles. The van der Waals surface area contributed by atoms with E-state index >= 15 is 0 Å². The van der Waals surface area contributed by atoms with Crippen LogP contribution in [-0.2, 0) is 0 Å². The lowest BCUT2D eigenvalue weighted by atomic mass is 10.1. The number of hydrogen-bond donors (Lipinski definition) is 0. The Kier molecular flexibility index (Phi) is 1.42. The molecule has 0 unspecified atom stereocenters. The molecule has 0 aromatic carbocycles.